The molecule has 0 aliphatic heterocycles. The highest BCUT2D eigenvalue weighted by atomic mass is 16.5. The number of amides is 1. The number of rotatable bonds is 10. The largest absolute Gasteiger partial charge is 0.379 e. The van der Waals surface area contributed by atoms with E-state index in [4.69, 9.17) is 15.2 Å². The minimum atomic E-state index is -0.331. The summed E-state index contributed by atoms with van der Waals surface area (Å²) in [5, 5.41) is 3.01. The van der Waals surface area contributed by atoms with Crippen LogP contribution >= 0.6 is 0 Å². The minimum Gasteiger partial charge on any atom is -0.379 e. The van der Waals surface area contributed by atoms with Crippen molar-refractivity contribution in [2.75, 3.05) is 26.4 Å². The topological polar surface area (TPSA) is 73.6 Å². The molecule has 0 radical (unpaired) electrons. The highest BCUT2D eigenvalue weighted by molar-refractivity contribution is 5.79. The zero-order valence-electron chi connectivity index (χ0n) is 10.5. The molecule has 0 aromatic carbocycles. The predicted molar refractivity (Wildman–Crippen MR) is 63.2 cm³/mol. The van der Waals surface area contributed by atoms with Gasteiger partial charge in [0.1, 0.15) is 0 Å². The van der Waals surface area contributed by atoms with Crippen LogP contribution < -0.4 is 11.1 Å². The molecule has 2 atom stereocenters. The van der Waals surface area contributed by atoms with Crippen LogP contribution in [0, 0.1) is 0 Å². The summed E-state index contributed by atoms with van der Waals surface area (Å²) in [5.41, 5.74) is 5.24. The second kappa shape index (κ2) is 9.57. The summed E-state index contributed by atoms with van der Waals surface area (Å²) in [6, 6.07) is -0.302. The molecule has 0 saturated carbocycles. The van der Waals surface area contributed by atoms with E-state index in [2.05, 4.69) is 5.32 Å². The summed E-state index contributed by atoms with van der Waals surface area (Å²) in [6.07, 6.45) is 0.648. The van der Waals surface area contributed by atoms with Crippen LogP contribution in [-0.4, -0.2) is 44.4 Å². The standard InChI is InChI=1S/C11H24N2O3/c1-4-13-10(11(12)14)6-7-16-9(3)8-15-5-2/h9-10,13H,4-8H2,1-3H3,(H2,12,14). The van der Waals surface area contributed by atoms with Crippen molar-refractivity contribution >= 4 is 5.91 Å². The Balaban J connectivity index is 3.64. The van der Waals surface area contributed by atoms with Gasteiger partial charge in [0.05, 0.1) is 18.8 Å². The van der Waals surface area contributed by atoms with Crippen LogP contribution in [0.2, 0.25) is 0 Å². The average Bonchev–Trinajstić information content (AvgIpc) is 2.25. The van der Waals surface area contributed by atoms with Gasteiger partial charge in [-0.15, -0.1) is 0 Å². The van der Waals surface area contributed by atoms with Crippen molar-refractivity contribution in [2.24, 2.45) is 5.73 Å². The molecule has 0 fully saturated rings. The molecular weight excluding hydrogens is 208 g/mol. The third-order valence-corrected chi connectivity index (χ3v) is 2.16. The van der Waals surface area contributed by atoms with Gasteiger partial charge in [-0.1, -0.05) is 6.92 Å². The summed E-state index contributed by atoms with van der Waals surface area (Å²) in [5.74, 6) is -0.331. The second-order valence-electron chi connectivity index (χ2n) is 3.64. The van der Waals surface area contributed by atoms with Crippen LogP contribution in [0.25, 0.3) is 0 Å². The van der Waals surface area contributed by atoms with Crippen LogP contribution in [-0.2, 0) is 14.3 Å². The van der Waals surface area contributed by atoms with Gasteiger partial charge < -0.3 is 20.5 Å². The van der Waals surface area contributed by atoms with E-state index in [-0.39, 0.29) is 18.1 Å². The molecule has 1 amide bonds. The lowest BCUT2D eigenvalue weighted by atomic mass is 10.2. The molecular formula is C11H24N2O3. The molecule has 2 unspecified atom stereocenters. The van der Waals surface area contributed by atoms with Gasteiger partial charge in [-0.2, -0.15) is 0 Å². The molecule has 0 rings (SSSR count). The van der Waals surface area contributed by atoms with E-state index in [9.17, 15) is 4.79 Å². The van der Waals surface area contributed by atoms with Gasteiger partial charge in [-0.3, -0.25) is 4.79 Å². The highest BCUT2D eigenvalue weighted by Gasteiger charge is 2.13. The molecule has 0 aromatic rings. The number of hydrogen-bond donors (Lipinski definition) is 2. The fraction of sp³-hybridized carbons (Fsp3) is 0.909. The number of nitrogens with one attached hydrogen (secondary N) is 1. The maximum atomic E-state index is 11.0. The van der Waals surface area contributed by atoms with Gasteiger partial charge in [0.25, 0.3) is 0 Å². The van der Waals surface area contributed by atoms with Crippen LogP contribution in [0.1, 0.15) is 27.2 Å². The smallest absolute Gasteiger partial charge is 0.234 e. The number of ether oxygens (including phenoxy) is 2. The zero-order chi connectivity index (χ0) is 12.4. The van der Waals surface area contributed by atoms with E-state index in [0.29, 0.717) is 26.2 Å². The van der Waals surface area contributed by atoms with E-state index < -0.39 is 0 Å². The van der Waals surface area contributed by atoms with Crippen molar-refractivity contribution in [1.82, 2.24) is 5.32 Å². The van der Waals surface area contributed by atoms with Crippen LogP contribution in [0.3, 0.4) is 0 Å². The minimum absolute atomic E-state index is 0.0510. The van der Waals surface area contributed by atoms with Crippen molar-refractivity contribution in [3.8, 4) is 0 Å². The Morgan fingerprint density at radius 1 is 1.44 bits per heavy atom. The quantitative estimate of drug-likeness (QED) is 0.567. The van der Waals surface area contributed by atoms with E-state index in [1.165, 1.54) is 0 Å². The Morgan fingerprint density at radius 2 is 2.12 bits per heavy atom. The van der Waals surface area contributed by atoms with E-state index in [1.54, 1.807) is 0 Å². The van der Waals surface area contributed by atoms with E-state index in [1.807, 2.05) is 20.8 Å². The monoisotopic (exact) mass is 232 g/mol. The molecule has 0 aromatic heterocycles. The molecule has 0 aliphatic carbocycles. The molecule has 5 nitrogen and oxygen atoms in total. The Bertz CT molecular complexity index is 188. The first kappa shape index (κ1) is 15.3. The predicted octanol–water partition coefficient (Wildman–Crippen LogP) is 0.282. The first-order valence-electron chi connectivity index (χ1n) is 5.83. The molecule has 0 saturated heterocycles. The fourth-order valence-corrected chi connectivity index (χ4v) is 1.31. The van der Waals surface area contributed by atoms with Crippen LogP contribution in [0.4, 0.5) is 0 Å². The summed E-state index contributed by atoms with van der Waals surface area (Å²) in [7, 11) is 0. The SMILES string of the molecule is CCNC(CCOC(C)COCC)C(N)=O. The van der Waals surface area contributed by atoms with E-state index in [0.717, 1.165) is 6.54 Å². The average molecular weight is 232 g/mol. The molecule has 96 valence electrons. The maximum absolute atomic E-state index is 11.0. The van der Waals surface area contributed by atoms with Crippen molar-refractivity contribution in [3.63, 3.8) is 0 Å². The van der Waals surface area contributed by atoms with Gasteiger partial charge in [-0.25, -0.2) is 0 Å². The second-order valence-corrected chi connectivity index (χ2v) is 3.64. The fourth-order valence-electron chi connectivity index (χ4n) is 1.31. The van der Waals surface area contributed by atoms with Crippen molar-refractivity contribution in [3.05, 3.63) is 0 Å². The Labute approximate surface area is 97.7 Å². The number of carbonyl (C=O) groups excluding carboxylic acids is 1. The van der Waals surface area contributed by atoms with Gasteiger partial charge >= 0.3 is 0 Å². The van der Waals surface area contributed by atoms with Gasteiger partial charge in [0.15, 0.2) is 0 Å². The summed E-state index contributed by atoms with van der Waals surface area (Å²) < 4.78 is 10.7. The van der Waals surface area contributed by atoms with Crippen LogP contribution in [0.5, 0.6) is 0 Å². The van der Waals surface area contributed by atoms with Gasteiger partial charge in [0.2, 0.25) is 5.91 Å². The lowest BCUT2D eigenvalue weighted by Crippen LogP contribution is -2.42. The zero-order valence-corrected chi connectivity index (χ0v) is 10.5. The van der Waals surface area contributed by atoms with Crippen molar-refractivity contribution in [1.29, 1.82) is 0 Å². The van der Waals surface area contributed by atoms with Crippen LogP contribution in [0.15, 0.2) is 0 Å². The number of hydrogen-bond acceptors (Lipinski definition) is 4. The first-order valence-corrected chi connectivity index (χ1v) is 5.83. The molecule has 5 heteroatoms. The molecule has 0 spiro atoms. The number of likely N-dealkylation sites (N-methyl/N-ethyl adjacent to an activating group) is 1. The summed E-state index contributed by atoms with van der Waals surface area (Å²) in [6.45, 7) is 8.34. The Morgan fingerprint density at radius 3 is 2.62 bits per heavy atom. The lowest BCUT2D eigenvalue weighted by Gasteiger charge is -2.16. The third-order valence-electron chi connectivity index (χ3n) is 2.16. The highest BCUT2D eigenvalue weighted by Crippen LogP contribution is 1.97. The van der Waals surface area contributed by atoms with Crippen molar-refractivity contribution in [2.45, 2.75) is 39.3 Å². The molecule has 0 aliphatic rings. The first-order chi connectivity index (χ1) is 7.61. The summed E-state index contributed by atoms with van der Waals surface area (Å²) >= 11 is 0. The lowest BCUT2D eigenvalue weighted by molar-refractivity contribution is -0.120. The Kier molecular flexibility index (Phi) is 9.18. The van der Waals surface area contributed by atoms with Crippen molar-refractivity contribution < 1.29 is 14.3 Å². The number of carbonyl (C=O) groups is 1. The molecule has 0 bridgehead atoms. The third kappa shape index (κ3) is 7.62. The molecule has 0 heterocycles. The van der Waals surface area contributed by atoms with E-state index >= 15 is 0 Å². The van der Waals surface area contributed by atoms with Gasteiger partial charge in [-0.05, 0) is 26.8 Å². The molecule has 16 heavy (non-hydrogen) atoms. The number of primary amides is 1. The summed E-state index contributed by atoms with van der Waals surface area (Å²) in [4.78, 5) is 11.0. The number of nitrogens with two attached hydrogens (primary N) is 1. The molecule has 3 N–H and O–H groups in total. The normalized spacial score (nSPS) is 14.7. The van der Waals surface area contributed by atoms with Gasteiger partial charge in [0, 0.05) is 13.2 Å². The Hall–Kier alpha value is -0.650. The maximum Gasteiger partial charge on any atom is 0.234 e.